The van der Waals surface area contributed by atoms with Crippen LogP contribution < -0.4 is 4.31 Å². The zero-order chi connectivity index (χ0) is 16.9. The number of halogens is 1. The number of anilines is 1. The number of nitrogens with zero attached hydrogens (tertiary/aromatic N) is 1. The molecule has 126 valence electrons. The van der Waals surface area contributed by atoms with E-state index in [9.17, 15) is 8.42 Å². The van der Waals surface area contributed by atoms with Crippen molar-refractivity contribution in [2.45, 2.75) is 47.3 Å². The van der Waals surface area contributed by atoms with Crippen LogP contribution in [0.1, 0.15) is 24.8 Å². The van der Waals surface area contributed by atoms with Gasteiger partial charge >= 0.3 is 0 Å². The van der Waals surface area contributed by atoms with E-state index in [0.29, 0.717) is 15.2 Å². The van der Waals surface area contributed by atoms with Gasteiger partial charge < -0.3 is 0 Å². The van der Waals surface area contributed by atoms with Crippen molar-refractivity contribution < 1.29 is 8.42 Å². The topological polar surface area (TPSA) is 37.4 Å². The molecule has 0 unspecified atom stereocenters. The molecule has 2 atom stereocenters. The van der Waals surface area contributed by atoms with Crippen LogP contribution in [0.15, 0.2) is 52.3 Å². The molecule has 2 aliphatic rings. The third kappa shape index (κ3) is 2.63. The highest BCUT2D eigenvalue weighted by molar-refractivity contribution is 8.00. The van der Waals surface area contributed by atoms with Gasteiger partial charge in [-0.25, -0.2) is 8.42 Å². The Balaban J connectivity index is 1.87. The Morgan fingerprint density at radius 3 is 2.62 bits per heavy atom. The zero-order valence-electron chi connectivity index (χ0n) is 13.3. The molecule has 1 saturated carbocycles. The highest BCUT2D eigenvalue weighted by atomic mass is 35.5. The van der Waals surface area contributed by atoms with Gasteiger partial charge in [0.15, 0.2) is 0 Å². The normalized spacial score (nSPS) is 23.0. The number of hydrogen-bond acceptors (Lipinski definition) is 3. The van der Waals surface area contributed by atoms with Gasteiger partial charge in [-0.2, -0.15) is 0 Å². The van der Waals surface area contributed by atoms with E-state index in [0.717, 1.165) is 35.4 Å². The Kier molecular flexibility index (Phi) is 4.06. The average molecular weight is 380 g/mol. The summed E-state index contributed by atoms with van der Waals surface area (Å²) in [5, 5.41) is 0.946. The lowest BCUT2D eigenvalue weighted by atomic mass is 10.2. The molecule has 2 aromatic carbocycles. The Bertz CT molecular complexity index is 880. The van der Waals surface area contributed by atoms with Crippen LogP contribution in [0.3, 0.4) is 0 Å². The molecule has 24 heavy (non-hydrogen) atoms. The van der Waals surface area contributed by atoms with Gasteiger partial charge in [-0.3, -0.25) is 4.31 Å². The standard InChI is InChI=1S/C18H18ClNO2S2/c1-12-5-8-14(9-6-12)24(21,22)20-15-3-2-4-17(15)23-18-11-13(19)7-10-16(18)20/h5-11,15,17H,2-4H2,1H3/t15-,17-/m0/s1. The van der Waals surface area contributed by atoms with Crippen molar-refractivity contribution >= 4 is 39.1 Å². The third-order valence-corrected chi connectivity index (χ3v) is 8.26. The van der Waals surface area contributed by atoms with E-state index < -0.39 is 10.0 Å². The first-order valence-corrected chi connectivity index (χ1v) is 10.7. The summed E-state index contributed by atoms with van der Waals surface area (Å²) in [6, 6.07) is 12.6. The lowest BCUT2D eigenvalue weighted by Gasteiger charge is -2.39. The van der Waals surface area contributed by atoms with Crippen LogP contribution in [0.2, 0.25) is 5.02 Å². The molecule has 1 fully saturated rings. The van der Waals surface area contributed by atoms with Crippen molar-refractivity contribution in [1.82, 2.24) is 0 Å². The first kappa shape index (κ1) is 16.3. The summed E-state index contributed by atoms with van der Waals surface area (Å²) in [4.78, 5) is 1.31. The van der Waals surface area contributed by atoms with Gasteiger partial charge in [-0.05, 0) is 50.1 Å². The molecule has 6 heteroatoms. The smallest absolute Gasteiger partial charge is 0.261 e. The second-order valence-corrected chi connectivity index (χ2v) is 9.91. The Morgan fingerprint density at radius 1 is 1.12 bits per heavy atom. The molecule has 0 spiro atoms. The van der Waals surface area contributed by atoms with Gasteiger partial charge in [-0.1, -0.05) is 35.7 Å². The lowest BCUT2D eigenvalue weighted by molar-refractivity contribution is 0.574. The van der Waals surface area contributed by atoms with E-state index in [1.165, 1.54) is 0 Å². The summed E-state index contributed by atoms with van der Waals surface area (Å²) >= 11 is 7.90. The number of thioether (sulfide) groups is 1. The molecular formula is C18H18ClNO2S2. The lowest BCUT2D eigenvalue weighted by Crippen LogP contribution is -2.46. The first-order chi connectivity index (χ1) is 11.5. The molecule has 0 amide bonds. The van der Waals surface area contributed by atoms with Gasteiger partial charge in [0.2, 0.25) is 0 Å². The first-order valence-electron chi connectivity index (χ1n) is 8.04. The molecule has 2 aromatic rings. The van der Waals surface area contributed by atoms with Crippen LogP contribution in [0.5, 0.6) is 0 Å². The van der Waals surface area contributed by atoms with Gasteiger partial charge in [0.1, 0.15) is 0 Å². The number of benzene rings is 2. The average Bonchev–Trinajstić information content (AvgIpc) is 3.00. The summed E-state index contributed by atoms with van der Waals surface area (Å²) in [6.07, 6.45) is 3.01. The van der Waals surface area contributed by atoms with E-state index in [-0.39, 0.29) is 6.04 Å². The predicted molar refractivity (Wildman–Crippen MR) is 99.6 cm³/mol. The number of fused-ring (bicyclic) bond motifs is 2. The largest absolute Gasteiger partial charge is 0.264 e. The summed E-state index contributed by atoms with van der Waals surface area (Å²) in [5.74, 6) is 0. The minimum atomic E-state index is -3.58. The Morgan fingerprint density at radius 2 is 1.88 bits per heavy atom. The third-order valence-electron chi connectivity index (χ3n) is 4.73. The molecule has 0 saturated heterocycles. The fraction of sp³-hybridized carbons (Fsp3) is 0.333. The highest BCUT2D eigenvalue weighted by Crippen LogP contribution is 2.50. The molecule has 0 aromatic heterocycles. The molecule has 0 radical (unpaired) electrons. The highest BCUT2D eigenvalue weighted by Gasteiger charge is 2.44. The number of rotatable bonds is 2. The second kappa shape index (κ2) is 5.97. The summed E-state index contributed by atoms with van der Waals surface area (Å²) < 4.78 is 28.4. The van der Waals surface area contributed by atoms with E-state index in [2.05, 4.69) is 0 Å². The maximum atomic E-state index is 13.4. The fourth-order valence-electron chi connectivity index (χ4n) is 3.55. The van der Waals surface area contributed by atoms with Crippen molar-refractivity contribution in [3.63, 3.8) is 0 Å². The van der Waals surface area contributed by atoms with Gasteiger partial charge in [-0.15, -0.1) is 11.8 Å². The summed E-state index contributed by atoms with van der Waals surface area (Å²) in [7, 11) is -3.58. The molecule has 1 aliphatic heterocycles. The summed E-state index contributed by atoms with van der Waals surface area (Å²) in [5.41, 5.74) is 1.81. The van der Waals surface area contributed by atoms with Crippen molar-refractivity contribution in [2.24, 2.45) is 0 Å². The molecular weight excluding hydrogens is 362 g/mol. The van der Waals surface area contributed by atoms with Crippen molar-refractivity contribution in [1.29, 1.82) is 0 Å². The van der Waals surface area contributed by atoms with Crippen molar-refractivity contribution in [2.75, 3.05) is 4.31 Å². The molecule has 4 rings (SSSR count). The number of aryl methyl sites for hydroxylation is 1. The summed E-state index contributed by atoms with van der Waals surface area (Å²) in [6.45, 7) is 1.96. The minimum absolute atomic E-state index is 0.0231. The second-order valence-electron chi connectivity index (χ2n) is 6.38. The van der Waals surface area contributed by atoms with E-state index in [1.807, 2.05) is 31.2 Å². The monoisotopic (exact) mass is 379 g/mol. The van der Waals surface area contributed by atoms with E-state index >= 15 is 0 Å². The van der Waals surface area contributed by atoms with Crippen LogP contribution in [-0.4, -0.2) is 19.7 Å². The molecule has 0 N–H and O–H groups in total. The SMILES string of the molecule is Cc1ccc(S(=O)(=O)N2c3ccc(Cl)cc3S[C@H]3CCC[C@@H]32)cc1. The van der Waals surface area contributed by atoms with Gasteiger partial charge in [0.05, 0.1) is 16.6 Å². The van der Waals surface area contributed by atoms with Crippen LogP contribution in [0.4, 0.5) is 5.69 Å². The minimum Gasteiger partial charge on any atom is -0.261 e. The zero-order valence-corrected chi connectivity index (χ0v) is 15.7. The van der Waals surface area contributed by atoms with Crippen LogP contribution in [0.25, 0.3) is 0 Å². The molecule has 1 aliphatic carbocycles. The number of hydrogen-bond donors (Lipinski definition) is 0. The predicted octanol–water partition coefficient (Wildman–Crippen LogP) is 4.87. The number of sulfonamides is 1. The van der Waals surface area contributed by atoms with Gasteiger partial charge in [0, 0.05) is 15.2 Å². The molecule has 1 heterocycles. The van der Waals surface area contributed by atoms with Crippen LogP contribution in [0, 0.1) is 6.92 Å². The van der Waals surface area contributed by atoms with E-state index in [1.54, 1.807) is 34.3 Å². The maximum Gasteiger partial charge on any atom is 0.264 e. The quantitative estimate of drug-likeness (QED) is 0.746. The van der Waals surface area contributed by atoms with Crippen LogP contribution >= 0.6 is 23.4 Å². The van der Waals surface area contributed by atoms with Gasteiger partial charge in [0.25, 0.3) is 10.0 Å². The van der Waals surface area contributed by atoms with E-state index in [4.69, 9.17) is 11.6 Å². The van der Waals surface area contributed by atoms with Crippen molar-refractivity contribution in [3.05, 3.63) is 53.1 Å². The van der Waals surface area contributed by atoms with Crippen LogP contribution in [-0.2, 0) is 10.0 Å². The molecule has 0 bridgehead atoms. The maximum absolute atomic E-state index is 13.4. The fourth-order valence-corrected chi connectivity index (χ4v) is 7.16. The van der Waals surface area contributed by atoms with Crippen molar-refractivity contribution in [3.8, 4) is 0 Å². The molecule has 3 nitrogen and oxygen atoms in total. The Labute approximate surface area is 152 Å². The Hall–Kier alpha value is -1.17.